The Labute approximate surface area is 151 Å². The minimum Gasteiger partial charge on any atom is -0.366 e. The minimum absolute atomic E-state index is 0.478. The van der Waals surface area contributed by atoms with Crippen LogP contribution >= 0.6 is 15.9 Å². The summed E-state index contributed by atoms with van der Waals surface area (Å²) < 4.78 is 3.42. The molecule has 1 N–H and O–H groups in total. The Hall–Kier alpha value is -1.59. The lowest BCUT2D eigenvalue weighted by molar-refractivity contribution is 0.337. The zero-order chi connectivity index (χ0) is 16.7. The van der Waals surface area contributed by atoms with Crippen molar-refractivity contribution >= 4 is 21.6 Å². The fourth-order valence-corrected chi connectivity index (χ4v) is 4.06. The smallest absolute Gasteiger partial charge is 0.160 e. The summed E-state index contributed by atoms with van der Waals surface area (Å²) in [6.07, 6.45) is 5.59. The van der Waals surface area contributed by atoms with Gasteiger partial charge in [0.15, 0.2) is 5.82 Å². The van der Waals surface area contributed by atoms with Crippen LogP contribution in [0.4, 0.5) is 0 Å². The van der Waals surface area contributed by atoms with E-state index < -0.39 is 0 Å². The van der Waals surface area contributed by atoms with Gasteiger partial charge in [0.2, 0.25) is 0 Å². The van der Waals surface area contributed by atoms with Crippen LogP contribution in [-0.2, 0) is 0 Å². The molecule has 0 amide bonds. The van der Waals surface area contributed by atoms with Crippen molar-refractivity contribution in [2.24, 2.45) is 0 Å². The number of allylic oxidation sites excluding steroid dienone is 1. The van der Waals surface area contributed by atoms with Crippen LogP contribution in [0.25, 0.3) is 11.4 Å². The van der Waals surface area contributed by atoms with E-state index in [9.17, 15) is 0 Å². The molecule has 1 aromatic heterocycles. The standard InChI is InChI=1S/C19H23BrN4/c1-13-3-5-18(23-9-7-21-8-10-23)19-22-14(2)12-24(19)17-6-4-15(20)11-16(13)17/h4-6,11-13,21H,3,7-10H2,1-2H3. The highest BCUT2D eigenvalue weighted by Crippen LogP contribution is 2.35. The van der Waals surface area contributed by atoms with Crippen LogP contribution < -0.4 is 5.32 Å². The summed E-state index contributed by atoms with van der Waals surface area (Å²) in [4.78, 5) is 7.35. The predicted octanol–water partition coefficient (Wildman–Crippen LogP) is 3.70. The molecule has 4 nitrogen and oxygen atoms in total. The number of hydrogen-bond donors (Lipinski definition) is 1. The molecule has 5 heteroatoms. The van der Waals surface area contributed by atoms with Gasteiger partial charge in [0.05, 0.1) is 17.1 Å². The molecule has 2 aromatic rings. The Balaban J connectivity index is 1.88. The van der Waals surface area contributed by atoms with Gasteiger partial charge >= 0.3 is 0 Å². The second kappa shape index (κ2) is 6.37. The van der Waals surface area contributed by atoms with E-state index >= 15 is 0 Å². The number of benzene rings is 1. The molecule has 1 fully saturated rings. The van der Waals surface area contributed by atoms with Crippen molar-refractivity contribution in [2.45, 2.75) is 26.2 Å². The van der Waals surface area contributed by atoms with Gasteiger partial charge in [0, 0.05) is 36.8 Å². The van der Waals surface area contributed by atoms with E-state index in [0.29, 0.717) is 5.92 Å². The summed E-state index contributed by atoms with van der Waals surface area (Å²) in [5.41, 5.74) is 4.97. The van der Waals surface area contributed by atoms with Crippen molar-refractivity contribution in [3.05, 3.63) is 52.0 Å². The molecule has 0 aliphatic carbocycles. The van der Waals surface area contributed by atoms with Crippen molar-refractivity contribution in [2.75, 3.05) is 26.2 Å². The van der Waals surface area contributed by atoms with Gasteiger partial charge in [0.1, 0.15) is 0 Å². The lowest BCUT2D eigenvalue weighted by Gasteiger charge is -2.33. The van der Waals surface area contributed by atoms with E-state index in [1.54, 1.807) is 0 Å². The first-order chi connectivity index (χ1) is 11.6. The average molecular weight is 387 g/mol. The first-order valence-corrected chi connectivity index (χ1v) is 9.45. The number of fused-ring (bicyclic) bond motifs is 3. The van der Waals surface area contributed by atoms with Gasteiger partial charge in [-0.1, -0.05) is 28.9 Å². The number of hydrogen-bond acceptors (Lipinski definition) is 3. The zero-order valence-corrected chi connectivity index (χ0v) is 15.8. The Morgan fingerprint density at radius 1 is 1.25 bits per heavy atom. The van der Waals surface area contributed by atoms with E-state index in [1.807, 2.05) is 0 Å². The van der Waals surface area contributed by atoms with Crippen molar-refractivity contribution in [1.29, 1.82) is 0 Å². The lowest BCUT2D eigenvalue weighted by atomic mass is 9.94. The summed E-state index contributed by atoms with van der Waals surface area (Å²) in [6.45, 7) is 8.55. The van der Waals surface area contributed by atoms with Crippen LogP contribution in [0, 0.1) is 6.92 Å². The SMILES string of the molecule is Cc1cn2c(n1)C(N1CCNCC1)=CCC(C)c1cc(Br)ccc1-2. The van der Waals surface area contributed by atoms with E-state index in [4.69, 9.17) is 4.98 Å². The zero-order valence-electron chi connectivity index (χ0n) is 14.2. The van der Waals surface area contributed by atoms with Crippen LogP contribution in [0.3, 0.4) is 0 Å². The maximum atomic E-state index is 4.88. The van der Waals surface area contributed by atoms with Crippen LogP contribution in [0.1, 0.15) is 36.3 Å². The van der Waals surface area contributed by atoms with E-state index in [0.717, 1.165) is 48.6 Å². The molecule has 1 saturated heterocycles. The molecule has 2 aliphatic heterocycles. The predicted molar refractivity (Wildman–Crippen MR) is 101 cm³/mol. The Morgan fingerprint density at radius 2 is 2.04 bits per heavy atom. The van der Waals surface area contributed by atoms with Gasteiger partial charge in [-0.25, -0.2) is 4.98 Å². The summed E-state index contributed by atoms with van der Waals surface area (Å²) in [6, 6.07) is 6.59. The number of nitrogens with zero attached hydrogens (tertiary/aromatic N) is 3. The summed E-state index contributed by atoms with van der Waals surface area (Å²) in [7, 11) is 0. The Kier molecular flexibility index (Phi) is 4.22. The van der Waals surface area contributed by atoms with E-state index in [-0.39, 0.29) is 0 Å². The van der Waals surface area contributed by atoms with E-state index in [2.05, 4.69) is 75.0 Å². The molecule has 2 aliphatic rings. The third-order valence-electron chi connectivity index (χ3n) is 4.96. The van der Waals surface area contributed by atoms with Gasteiger partial charge in [-0.3, -0.25) is 4.57 Å². The highest BCUT2D eigenvalue weighted by molar-refractivity contribution is 9.10. The topological polar surface area (TPSA) is 33.1 Å². The average Bonchev–Trinajstić information content (AvgIpc) is 2.96. The monoisotopic (exact) mass is 386 g/mol. The first kappa shape index (κ1) is 15.9. The maximum Gasteiger partial charge on any atom is 0.160 e. The van der Waals surface area contributed by atoms with Crippen LogP contribution in [0.15, 0.2) is 34.9 Å². The number of rotatable bonds is 1. The lowest BCUT2D eigenvalue weighted by Crippen LogP contribution is -2.42. The van der Waals surface area contributed by atoms with Gasteiger partial charge in [-0.05, 0) is 43.0 Å². The van der Waals surface area contributed by atoms with Crippen LogP contribution in [0.2, 0.25) is 0 Å². The van der Waals surface area contributed by atoms with Crippen molar-refractivity contribution in [3.8, 4) is 5.69 Å². The number of nitrogens with one attached hydrogen (secondary N) is 1. The molecule has 3 heterocycles. The number of aromatic nitrogens is 2. The Morgan fingerprint density at radius 3 is 2.83 bits per heavy atom. The van der Waals surface area contributed by atoms with Gasteiger partial charge < -0.3 is 10.2 Å². The summed E-state index contributed by atoms with van der Waals surface area (Å²) >= 11 is 3.63. The van der Waals surface area contributed by atoms with Crippen molar-refractivity contribution < 1.29 is 0 Å². The van der Waals surface area contributed by atoms with Crippen LogP contribution in [0.5, 0.6) is 0 Å². The normalized spacial score (nSPS) is 20.7. The first-order valence-electron chi connectivity index (χ1n) is 8.65. The molecule has 0 spiro atoms. The second-order valence-corrected chi connectivity index (χ2v) is 7.66. The molecule has 126 valence electrons. The molecule has 0 bridgehead atoms. The highest BCUT2D eigenvalue weighted by atomic mass is 79.9. The molecule has 4 rings (SSSR count). The molecule has 0 radical (unpaired) electrons. The number of halogens is 1. The van der Waals surface area contributed by atoms with Gasteiger partial charge in [-0.2, -0.15) is 0 Å². The van der Waals surface area contributed by atoms with Gasteiger partial charge in [-0.15, -0.1) is 0 Å². The fraction of sp³-hybridized carbons (Fsp3) is 0.421. The minimum atomic E-state index is 0.478. The number of piperazine rings is 1. The van der Waals surface area contributed by atoms with Gasteiger partial charge in [0.25, 0.3) is 0 Å². The van der Waals surface area contributed by atoms with Crippen LogP contribution in [-0.4, -0.2) is 40.6 Å². The summed E-state index contributed by atoms with van der Waals surface area (Å²) in [5, 5.41) is 3.44. The van der Waals surface area contributed by atoms with Crippen molar-refractivity contribution in [3.63, 3.8) is 0 Å². The number of imidazole rings is 1. The molecule has 24 heavy (non-hydrogen) atoms. The third-order valence-corrected chi connectivity index (χ3v) is 5.45. The molecular formula is C19H23BrN4. The second-order valence-electron chi connectivity index (χ2n) is 6.74. The molecule has 1 atom stereocenters. The van der Waals surface area contributed by atoms with E-state index in [1.165, 1.54) is 16.9 Å². The fourth-order valence-electron chi connectivity index (χ4n) is 3.68. The molecule has 0 saturated carbocycles. The summed E-state index contributed by atoms with van der Waals surface area (Å²) in [5.74, 6) is 1.55. The Bertz CT molecular complexity index is 787. The highest BCUT2D eigenvalue weighted by Gasteiger charge is 2.24. The largest absolute Gasteiger partial charge is 0.366 e. The number of aryl methyl sites for hydroxylation is 1. The molecular weight excluding hydrogens is 364 g/mol. The quantitative estimate of drug-likeness (QED) is 0.810. The van der Waals surface area contributed by atoms with Crippen molar-refractivity contribution in [1.82, 2.24) is 19.8 Å². The third kappa shape index (κ3) is 2.80. The molecule has 1 aromatic carbocycles. The molecule has 1 unspecified atom stereocenters. The maximum absolute atomic E-state index is 4.88.